The Kier molecular flexibility index (Phi) is 8.57. The van der Waals surface area contributed by atoms with E-state index in [-0.39, 0.29) is 16.3 Å². The second-order valence-corrected chi connectivity index (χ2v) is 12.7. The Hall–Kier alpha value is -1.92. The average molecular weight is 512 g/mol. The lowest BCUT2D eigenvalue weighted by Gasteiger charge is -2.20. The van der Waals surface area contributed by atoms with Crippen LogP contribution >= 0.6 is 11.8 Å². The van der Waals surface area contributed by atoms with Gasteiger partial charge in [0.15, 0.2) is 0 Å². The van der Waals surface area contributed by atoms with Crippen LogP contribution in [0.25, 0.3) is 0 Å². The Balaban J connectivity index is 1.63. The molecule has 1 aliphatic heterocycles. The highest BCUT2D eigenvalue weighted by Crippen LogP contribution is 2.22. The Bertz CT molecular complexity index is 1160. The monoisotopic (exact) mass is 511 g/mol. The van der Waals surface area contributed by atoms with Crippen molar-refractivity contribution in [1.29, 1.82) is 0 Å². The Morgan fingerprint density at radius 2 is 1.45 bits per heavy atom. The molecule has 0 aromatic heterocycles. The van der Waals surface area contributed by atoms with Gasteiger partial charge in [-0.15, -0.1) is 11.8 Å². The van der Waals surface area contributed by atoms with Crippen LogP contribution < -0.4 is 5.32 Å². The largest absolute Gasteiger partial charge is 0.325 e. The van der Waals surface area contributed by atoms with E-state index in [4.69, 9.17) is 0 Å². The lowest BCUT2D eigenvalue weighted by Crippen LogP contribution is -2.35. The van der Waals surface area contributed by atoms with E-state index in [1.807, 2.05) is 6.26 Å². The van der Waals surface area contributed by atoms with Crippen molar-refractivity contribution in [2.24, 2.45) is 0 Å². The van der Waals surface area contributed by atoms with Gasteiger partial charge in [-0.25, -0.2) is 16.8 Å². The number of rotatable bonds is 8. The number of thioether (sulfide) groups is 1. The highest BCUT2D eigenvalue weighted by Gasteiger charge is 2.26. The van der Waals surface area contributed by atoms with Crippen LogP contribution in [-0.2, 0) is 24.8 Å². The minimum atomic E-state index is -3.81. The van der Waals surface area contributed by atoms with Crippen LogP contribution in [0.5, 0.6) is 0 Å². The summed E-state index contributed by atoms with van der Waals surface area (Å²) in [6, 6.07) is 12.4. The summed E-state index contributed by atoms with van der Waals surface area (Å²) in [5.41, 5.74) is 0.393. The van der Waals surface area contributed by atoms with Crippen molar-refractivity contribution in [1.82, 2.24) is 8.61 Å². The van der Waals surface area contributed by atoms with Crippen LogP contribution in [0.2, 0.25) is 0 Å². The summed E-state index contributed by atoms with van der Waals surface area (Å²) in [6.07, 6.45) is 5.67. The highest BCUT2D eigenvalue weighted by molar-refractivity contribution is 7.98. The van der Waals surface area contributed by atoms with Crippen molar-refractivity contribution in [3.05, 3.63) is 48.5 Å². The first-order chi connectivity index (χ1) is 15.6. The quantitative estimate of drug-likeness (QED) is 0.546. The first-order valence-electron chi connectivity index (χ1n) is 10.6. The summed E-state index contributed by atoms with van der Waals surface area (Å²) in [7, 11) is -6.05. The van der Waals surface area contributed by atoms with Crippen molar-refractivity contribution < 1.29 is 21.6 Å². The maximum Gasteiger partial charge on any atom is 0.243 e. The minimum absolute atomic E-state index is 0.110. The summed E-state index contributed by atoms with van der Waals surface area (Å²) in [5.74, 6) is -0.523. The molecule has 0 aliphatic carbocycles. The van der Waals surface area contributed by atoms with E-state index in [2.05, 4.69) is 5.32 Å². The second kappa shape index (κ2) is 11.0. The molecule has 2 aromatic rings. The zero-order valence-corrected chi connectivity index (χ0v) is 21.2. The summed E-state index contributed by atoms with van der Waals surface area (Å²) < 4.78 is 53.7. The molecule has 1 aliphatic rings. The van der Waals surface area contributed by atoms with E-state index in [0.717, 1.165) is 34.9 Å². The Morgan fingerprint density at radius 1 is 0.909 bits per heavy atom. The van der Waals surface area contributed by atoms with Gasteiger partial charge in [-0.3, -0.25) is 4.79 Å². The maximum atomic E-state index is 12.9. The third-order valence-corrected chi connectivity index (χ3v) is 9.95. The first-order valence-corrected chi connectivity index (χ1v) is 14.8. The molecule has 2 aromatic carbocycles. The van der Waals surface area contributed by atoms with Gasteiger partial charge in [-0.1, -0.05) is 12.8 Å². The average Bonchev–Trinajstić information content (AvgIpc) is 3.09. The van der Waals surface area contributed by atoms with E-state index in [1.165, 1.54) is 59.5 Å². The van der Waals surface area contributed by atoms with E-state index in [9.17, 15) is 21.6 Å². The molecule has 0 radical (unpaired) electrons. The number of carbonyl (C=O) groups is 1. The molecule has 1 fully saturated rings. The molecule has 180 valence electrons. The number of anilines is 1. The van der Waals surface area contributed by atoms with Gasteiger partial charge in [0.25, 0.3) is 0 Å². The van der Waals surface area contributed by atoms with Crippen molar-refractivity contribution >= 4 is 43.4 Å². The molecule has 1 amide bonds. The van der Waals surface area contributed by atoms with Crippen LogP contribution in [0.1, 0.15) is 25.7 Å². The molecular formula is C22H29N3O5S3. The standard InChI is InChI=1S/C22H29N3O5S3/c1-24(32(27,28)20-13-9-19(31-2)10-14-20)17-22(26)23-18-7-11-21(12-8-18)33(29,30)25-15-5-3-4-6-16-25/h7-14H,3-6,15-17H2,1-2H3,(H,23,26). The Labute approximate surface area is 200 Å². The fraction of sp³-hybridized carbons (Fsp3) is 0.409. The maximum absolute atomic E-state index is 12.9. The van der Waals surface area contributed by atoms with Crippen molar-refractivity contribution in [3.63, 3.8) is 0 Å². The summed E-state index contributed by atoms with van der Waals surface area (Å²) in [4.78, 5) is 13.6. The molecule has 0 unspecified atom stereocenters. The zero-order valence-electron chi connectivity index (χ0n) is 18.7. The number of likely N-dealkylation sites (N-methyl/N-ethyl adjacent to an activating group) is 1. The number of nitrogens with one attached hydrogen (secondary N) is 1. The number of sulfonamides is 2. The number of carbonyl (C=O) groups excluding carboxylic acids is 1. The van der Waals surface area contributed by atoms with Crippen molar-refractivity contribution in [3.8, 4) is 0 Å². The van der Waals surface area contributed by atoms with Crippen LogP contribution in [-0.4, -0.2) is 64.3 Å². The molecule has 0 spiro atoms. The van der Waals surface area contributed by atoms with Gasteiger partial charge in [0.1, 0.15) is 0 Å². The third-order valence-electron chi connectivity index (χ3n) is 5.47. The van der Waals surface area contributed by atoms with Gasteiger partial charge in [-0.05, 0) is 67.6 Å². The van der Waals surface area contributed by atoms with Crippen molar-refractivity contribution in [2.75, 3.05) is 38.3 Å². The van der Waals surface area contributed by atoms with Crippen molar-refractivity contribution in [2.45, 2.75) is 40.4 Å². The number of amides is 1. The fourth-order valence-electron chi connectivity index (χ4n) is 3.56. The molecule has 0 saturated carbocycles. The van der Waals surface area contributed by atoms with Crippen LogP contribution in [0.15, 0.2) is 63.2 Å². The lowest BCUT2D eigenvalue weighted by atomic mass is 10.2. The third kappa shape index (κ3) is 6.36. The number of nitrogens with zero attached hydrogens (tertiary/aromatic N) is 2. The SMILES string of the molecule is CSc1ccc(S(=O)(=O)N(C)CC(=O)Nc2ccc(S(=O)(=O)N3CCCCCC3)cc2)cc1. The zero-order chi connectivity index (χ0) is 24.1. The van der Waals surface area contributed by atoms with Gasteiger partial charge in [0, 0.05) is 30.7 Å². The van der Waals surface area contributed by atoms with Crippen LogP contribution in [0.4, 0.5) is 5.69 Å². The number of hydrogen-bond acceptors (Lipinski definition) is 6. The molecular weight excluding hydrogens is 482 g/mol. The molecule has 11 heteroatoms. The van der Waals surface area contributed by atoms with Gasteiger partial charge < -0.3 is 5.32 Å². The molecule has 1 heterocycles. The van der Waals surface area contributed by atoms with Crippen LogP contribution in [0, 0.1) is 0 Å². The smallest absolute Gasteiger partial charge is 0.243 e. The molecule has 0 atom stereocenters. The molecule has 1 saturated heterocycles. The molecule has 0 bridgehead atoms. The van der Waals surface area contributed by atoms with E-state index >= 15 is 0 Å². The number of benzene rings is 2. The second-order valence-electron chi connectivity index (χ2n) is 7.83. The molecule has 8 nitrogen and oxygen atoms in total. The van der Waals surface area contributed by atoms with Gasteiger partial charge >= 0.3 is 0 Å². The molecule has 33 heavy (non-hydrogen) atoms. The summed E-state index contributed by atoms with van der Waals surface area (Å²) in [5, 5.41) is 2.63. The van der Waals surface area contributed by atoms with Crippen LogP contribution in [0.3, 0.4) is 0 Å². The summed E-state index contributed by atoms with van der Waals surface area (Å²) >= 11 is 1.51. The number of hydrogen-bond donors (Lipinski definition) is 1. The highest BCUT2D eigenvalue weighted by atomic mass is 32.2. The van der Waals surface area contributed by atoms with Gasteiger partial charge in [0.05, 0.1) is 16.3 Å². The van der Waals surface area contributed by atoms with Gasteiger partial charge in [-0.2, -0.15) is 8.61 Å². The lowest BCUT2D eigenvalue weighted by molar-refractivity contribution is -0.116. The van der Waals surface area contributed by atoms with E-state index < -0.39 is 26.0 Å². The fourth-order valence-corrected chi connectivity index (χ4v) is 6.61. The topological polar surface area (TPSA) is 104 Å². The molecule has 1 N–H and O–H groups in total. The van der Waals surface area contributed by atoms with Gasteiger partial charge in [0.2, 0.25) is 26.0 Å². The minimum Gasteiger partial charge on any atom is -0.325 e. The van der Waals surface area contributed by atoms with E-state index in [0.29, 0.717) is 18.8 Å². The molecule has 3 rings (SSSR count). The predicted octanol–water partition coefficient (Wildman–Crippen LogP) is 3.23. The Morgan fingerprint density at radius 3 is 2.00 bits per heavy atom. The predicted molar refractivity (Wildman–Crippen MR) is 130 cm³/mol. The first kappa shape index (κ1) is 25.7. The normalized spacial score (nSPS) is 15.8. The summed E-state index contributed by atoms with van der Waals surface area (Å²) in [6.45, 7) is 0.656. The van der Waals surface area contributed by atoms with E-state index in [1.54, 1.807) is 12.1 Å².